The van der Waals surface area contributed by atoms with Crippen LogP contribution in [-0.2, 0) is 15.0 Å². The second-order valence-corrected chi connectivity index (χ2v) is 7.79. The summed E-state index contributed by atoms with van der Waals surface area (Å²) < 4.78 is 28.8. The molecule has 2 saturated heterocycles. The van der Waals surface area contributed by atoms with Gasteiger partial charge in [0, 0.05) is 18.6 Å². The number of hydrogen-bond acceptors (Lipinski definition) is 4. The van der Waals surface area contributed by atoms with Gasteiger partial charge in [0.1, 0.15) is 6.04 Å². The van der Waals surface area contributed by atoms with E-state index in [-0.39, 0.29) is 12.6 Å². The highest BCUT2D eigenvalue weighted by molar-refractivity contribution is 7.87. The minimum absolute atomic E-state index is 0.113. The van der Waals surface area contributed by atoms with Crippen LogP contribution in [0.5, 0.6) is 0 Å². The molecule has 2 aliphatic rings. The Hall–Kier alpha value is -0.700. The van der Waals surface area contributed by atoms with Crippen LogP contribution < -0.4 is 4.72 Å². The summed E-state index contributed by atoms with van der Waals surface area (Å²) in [5, 5.41) is 9.21. The van der Waals surface area contributed by atoms with Gasteiger partial charge in [-0.25, -0.2) is 0 Å². The smallest absolute Gasteiger partial charge is 0.322 e. The van der Waals surface area contributed by atoms with Crippen LogP contribution in [0.1, 0.15) is 39.0 Å². The van der Waals surface area contributed by atoms with Gasteiger partial charge in [0.25, 0.3) is 10.2 Å². The number of carbonyl (C=O) groups is 1. The zero-order chi connectivity index (χ0) is 15.6. The van der Waals surface area contributed by atoms with Gasteiger partial charge in [0.2, 0.25) is 0 Å². The number of hydrogen-bond donors (Lipinski definition) is 2. The van der Waals surface area contributed by atoms with Crippen molar-refractivity contribution >= 4 is 16.2 Å². The molecule has 0 aliphatic carbocycles. The molecule has 0 radical (unpaired) electrons. The van der Waals surface area contributed by atoms with Crippen LogP contribution in [0.25, 0.3) is 0 Å². The second kappa shape index (κ2) is 6.60. The lowest BCUT2D eigenvalue weighted by Crippen LogP contribution is -2.56. The van der Waals surface area contributed by atoms with Crippen LogP contribution >= 0.6 is 0 Å². The third kappa shape index (κ3) is 3.94. The standard InChI is InChI=1S/C13H25N3O4S/c1-10-9-11(6-8-15(10)2)14-21(19,20)16-7-4-3-5-12(16)13(17)18/h10-12,14H,3-9H2,1-2H3,(H,17,18). The lowest BCUT2D eigenvalue weighted by molar-refractivity contribution is -0.142. The van der Waals surface area contributed by atoms with Gasteiger partial charge in [0.05, 0.1) is 0 Å². The van der Waals surface area contributed by atoms with Crippen molar-refractivity contribution in [3.63, 3.8) is 0 Å². The number of rotatable bonds is 4. The molecule has 2 heterocycles. The van der Waals surface area contributed by atoms with E-state index in [4.69, 9.17) is 0 Å². The maximum absolute atomic E-state index is 12.5. The monoisotopic (exact) mass is 319 g/mol. The minimum atomic E-state index is -3.73. The maximum atomic E-state index is 12.5. The Morgan fingerprint density at radius 1 is 1.24 bits per heavy atom. The van der Waals surface area contributed by atoms with Crippen molar-refractivity contribution in [2.75, 3.05) is 20.1 Å². The van der Waals surface area contributed by atoms with Crippen LogP contribution in [0.4, 0.5) is 0 Å². The molecule has 21 heavy (non-hydrogen) atoms. The highest BCUT2D eigenvalue weighted by atomic mass is 32.2. The third-order valence-corrected chi connectivity index (χ3v) is 6.26. The Morgan fingerprint density at radius 3 is 2.57 bits per heavy atom. The fourth-order valence-electron chi connectivity index (χ4n) is 3.11. The SMILES string of the molecule is CC1CC(NS(=O)(=O)N2CCCCC2C(=O)O)CCN1C. The van der Waals surface area contributed by atoms with Gasteiger partial charge in [-0.05, 0) is 52.6 Å². The van der Waals surface area contributed by atoms with E-state index in [1.54, 1.807) is 0 Å². The summed E-state index contributed by atoms with van der Waals surface area (Å²) in [5.74, 6) is -1.06. The molecule has 2 rings (SSSR count). The van der Waals surface area contributed by atoms with Crippen molar-refractivity contribution in [1.29, 1.82) is 0 Å². The van der Waals surface area contributed by atoms with Gasteiger partial charge >= 0.3 is 5.97 Å². The van der Waals surface area contributed by atoms with Crippen molar-refractivity contribution in [3.05, 3.63) is 0 Å². The normalized spacial score (nSPS) is 33.0. The largest absolute Gasteiger partial charge is 0.480 e. The van der Waals surface area contributed by atoms with Gasteiger partial charge in [-0.2, -0.15) is 17.4 Å². The molecule has 2 fully saturated rings. The fourth-order valence-corrected chi connectivity index (χ4v) is 4.79. The molecule has 3 atom stereocenters. The van der Waals surface area contributed by atoms with Crippen LogP contribution in [0.2, 0.25) is 0 Å². The number of nitrogens with one attached hydrogen (secondary N) is 1. The number of carboxylic acid groups (broad SMARTS) is 1. The molecular formula is C13H25N3O4S. The van der Waals surface area contributed by atoms with E-state index in [9.17, 15) is 18.3 Å². The molecule has 0 bridgehead atoms. The van der Waals surface area contributed by atoms with Gasteiger partial charge in [0.15, 0.2) is 0 Å². The van der Waals surface area contributed by atoms with Crippen LogP contribution in [0.15, 0.2) is 0 Å². The molecule has 0 aromatic carbocycles. The van der Waals surface area contributed by atoms with Gasteiger partial charge < -0.3 is 10.0 Å². The van der Waals surface area contributed by atoms with E-state index < -0.39 is 22.2 Å². The highest BCUT2D eigenvalue weighted by Gasteiger charge is 2.38. The summed E-state index contributed by atoms with van der Waals surface area (Å²) in [4.78, 5) is 13.5. The van der Waals surface area contributed by atoms with Crippen molar-refractivity contribution in [3.8, 4) is 0 Å². The van der Waals surface area contributed by atoms with Gasteiger partial charge in [-0.3, -0.25) is 4.79 Å². The number of aliphatic carboxylic acids is 1. The summed E-state index contributed by atoms with van der Waals surface area (Å²) in [6.07, 6.45) is 3.37. The quantitative estimate of drug-likeness (QED) is 0.775. The number of nitrogens with zero attached hydrogens (tertiary/aromatic N) is 2. The zero-order valence-electron chi connectivity index (χ0n) is 12.7. The fraction of sp³-hybridized carbons (Fsp3) is 0.923. The van der Waals surface area contributed by atoms with Crippen LogP contribution in [0, 0.1) is 0 Å². The van der Waals surface area contributed by atoms with Crippen molar-refractivity contribution in [1.82, 2.24) is 13.9 Å². The third-order valence-electron chi connectivity index (χ3n) is 4.57. The molecular weight excluding hydrogens is 294 g/mol. The van der Waals surface area contributed by atoms with E-state index in [2.05, 4.69) is 16.5 Å². The summed E-state index contributed by atoms with van der Waals surface area (Å²) in [6, 6.07) is -0.722. The first-order valence-electron chi connectivity index (χ1n) is 7.53. The Labute approximate surface area is 126 Å². The Morgan fingerprint density at radius 2 is 1.95 bits per heavy atom. The van der Waals surface area contributed by atoms with E-state index >= 15 is 0 Å². The van der Waals surface area contributed by atoms with Crippen molar-refractivity contribution in [2.45, 2.75) is 57.2 Å². The molecule has 7 nitrogen and oxygen atoms in total. The molecule has 0 aromatic rings. The van der Waals surface area contributed by atoms with Gasteiger partial charge in [-0.15, -0.1) is 0 Å². The Balaban J connectivity index is 2.05. The molecule has 0 aromatic heterocycles. The van der Waals surface area contributed by atoms with E-state index in [0.29, 0.717) is 18.9 Å². The predicted molar refractivity (Wildman–Crippen MR) is 79.2 cm³/mol. The average molecular weight is 319 g/mol. The van der Waals surface area contributed by atoms with E-state index in [1.807, 2.05) is 7.05 Å². The molecule has 0 saturated carbocycles. The second-order valence-electron chi connectivity index (χ2n) is 6.13. The summed E-state index contributed by atoms with van der Waals surface area (Å²) >= 11 is 0. The molecule has 2 aliphatic heterocycles. The van der Waals surface area contributed by atoms with Crippen LogP contribution in [-0.4, -0.2) is 67.0 Å². The minimum Gasteiger partial charge on any atom is -0.480 e. The van der Waals surface area contributed by atoms with E-state index in [1.165, 1.54) is 0 Å². The first kappa shape index (κ1) is 16.7. The molecule has 0 amide bonds. The first-order chi connectivity index (χ1) is 9.81. The van der Waals surface area contributed by atoms with E-state index in [0.717, 1.165) is 30.1 Å². The summed E-state index contributed by atoms with van der Waals surface area (Å²) in [7, 11) is -1.71. The predicted octanol–water partition coefficient (Wildman–Crippen LogP) is 0.243. The summed E-state index contributed by atoms with van der Waals surface area (Å²) in [6.45, 7) is 3.20. The lowest BCUT2D eigenvalue weighted by atomic mass is 10.0. The zero-order valence-corrected chi connectivity index (χ0v) is 13.5. The molecule has 2 N–H and O–H groups in total. The summed E-state index contributed by atoms with van der Waals surface area (Å²) in [5.41, 5.74) is 0. The van der Waals surface area contributed by atoms with Crippen molar-refractivity contribution < 1.29 is 18.3 Å². The lowest BCUT2D eigenvalue weighted by Gasteiger charge is -2.37. The van der Waals surface area contributed by atoms with Crippen molar-refractivity contribution in [2.24, 2.45) is 0 Å². The Kier molecular flexibility index (Phi) is 5.24. The Bertz CT molecular complexity index is 482. The number of piperidine rings is 2. The topological polar surface area (TPSA) is 90.0 Å². The first-order valence-corrected chi connectivity index (χ1v) is 8.97. The van der Waals surface area contributed by atoms with Gasteiger partial charge in [-0.1, -0.05) is 0 Å². The van der Waals surface area contributed by atoms with Crippen LogP contribution in [0.3, 0.4) is 0 Å². The maximum Gasteiger partial charge on any atom is 0.322 e. The number of carboxylic acids is 1. The molecule has 122 valence electrons. The molecule has 8 heteroatoms. The average Bonchev–Trinajstić information content (AvgIpc) is 2.42. The molecule has 3 unspecified atom stereocenters. The highest BCUT2D eigenvalue weighted by Crippen LogP contribution is 2.22. The number of likely N-dealkylation sites (tertiary alicyclic amines) is 1. The molecule has 0 spiro atoms.